The number of carbonyl (C=O) groups is 1. The van der Waals surface area contributed by atoms with Crippen LogP contribution in [0.1, 0.15) is 15.9 Å². The van der Waals surface area contributed by atoms with Gasteiger partial charge in [0.2, 0.25) is 0 Å². The van der Waals surface area contributed by atoms with Crippen LogP contribution < -0.4 is 5.32 Å². The lowest BCUT2D eigenvalue weighted by Gasteiger charge is -2.07. The SMILES string of the molecule is O=C(Nc1cc(Br)ccc1F)c1ccc(CBr)cc1. The van der Waals surface area contributed by atoms with E-state index in [9.17, 15) is 9.18 Å². The van der Waals surface area contributed by atoms with Crippen LogP contribution in [0.5, 0.6) is 0 Å². The fourth-order valence-corrected chi connectivity index (χ4v) is 2.27. The molecule has 0 aliphatic heterocycles. The van der Waals surface area contributed by atoms with Crippen molar-refractivity contribution in [1.29, 1.82) is 0 Å². The molecule has 2 aromatic carbocycles. The van der Waals surface area contributed by atoms with Gasteiger partial charge in [-0.05, 0) is 35.9 Å². The average Bonchev–Trinajstić information content (AvgIpc) is 2.43. The molecule has 0 unspecified atom stereocenters. The van der Waals surface area contributed by atoms with Crippen molar-refractivity contribution in [1.82, 2.24) is 0 Å². The highest BCUT2D eigenvalue weighted by atomic mass is 79.9. The molecule has 1 N–H and O–H groups in total. The van der Waals surface area contributed by atoms with Crippen molar-refractivity contribution >= 4 is 43.5 Å². The Balaban J connectivity index is 2.18. The number of hydrogen-bond donors (Lipinski definition) is 1. The third-order valence-corrected chi connectivity index (χ3v) is 3.69. The zero-order chi connectivity index (χ0) is 13.8. The van der Waals surface area contributed by atoms with Gasteiger partial charge in [0, 0.05) is 15.4 Å². The first-order valence-corrected chi connectivity index (χ1v) is 7.43. The number of anilines is 1. The molecule has 98 valence electrons. The summed E-state index contributed by atoms with van der Waals surface area (Å²) in [6.07, 6.45) is 0. The molecular formula is C14H10Br2FNO. The molecule has 2 aromatic rings. The van der Waals surface area contributed by atoms with Gasteiger partial charge in [-0.25, -0.2) is 4.39 Å². The van der Waals surface area contributed by atoms with Crippen LogP contribution in [0, 0.1) is 5.82 Å². The van der Waals surface area contributed by atoms with E-state index < -0.39 is 5.82 Å². The predicted octanol–water partition coefficient (Wildman–Crippen LogP) is 4.74. The Kier molecular flexibility index (Phi) is 4.71. The van der Waals surface area contributed by atoms with Gasteiger partial charge in [-0.3, -0.25) is 4.79 Å². The molecule has 5 heteroatoms. The first kappa shape index (κ1) is 14.2. The van der Waals surface area contributed by atoms with Gasteiger partial charge < -0.3 is 5.32 Å². The highest BCUT2D eigenvalue weighted by Crippen LogP contribution is 2.20. The van der Waals surface area contributed by atoms with Crippen molar-refractivity contribution in [2.45, 2.75) is 5.33 Å². The summed E-state index contributed by atoms with van der Waals surface area (Å²) in [5.41, 5.74) is 1.72. The van der Waals surface area contributed by atoms with Crippen molar-refractivity contribution in [3.63, 3.8) is 0 Å². The standard InChI is InChI=1S/C14H10Br2FNO/c15-8-9-1-3-10(4-2-9)14(19)18-13-7-11(16)5-6-12(13)17/h1-7H,8H2,(H,18,19). The highest BCUT2D eigenvalue weighted by molar-refractivity contribution is 9.10. The largest absolute Gasteiger partial charge is 0.319 e. The second-order valence-electron chi connectivity index (χ2n) is 3.91. The molecule has 0 saturated heterocycles. The van der Waals surface area contributed by atoms with Gasteiger partial charge in [0.05, 0.1) is 5.69 Å². The van der Waals surface area contributed by atoms with E-state index in [2.05, 4.69) is 37.2 Å². The number of alkyl halides is 1. The number of benzene rings is 2. The molecule has 0 atom stereocenters. The first-order chi connectivity index (χ1) is 9.10. The zero-order valence-corrected chi connectivity index (χ0v) is 13.0. The van der Waals surface area contributed by atoms with Gasteiger partial charge in [0.25, 0.3) is 5.91 Å². The minimum Gasteiger partial charge on any atom is -0.319 e. The summed E-state index contributed by atoms with van der Waals surface area (Å²) < 4.78 is 14.2. The van der Waals surface area contributed by atoms with Gasteiger partial charge in [-0.2, -0.15) is 0 Å². The number of hydrogen-bond acceptors (Lipinski definition) is 1. The maximum atomic E-state index is 13.5. The molecule has 0 saturated carbocycles. The maximum Gasteiger partial charge on any atom is 0.255 e. The summed E-state index contributed by atoms with van der Waals surface area (Å²) in [6.45, 7) is 0. The van der Waals surface area contributed by atoms with E-state index in [1.165, 1.54) is 12.1 Å². The summed E-state index contributed by atoms with van der Waals surface area (Å²) in [5.74, 6) is -0.799. The third-order valence-electron chi connectivity index (χ3n) is 2.55. The normalized spacial score (nSPS) is 10.3. The number of amides is 1. The van der Waals surface area contributed by atoms with E-state index in [-0.39, 0.29) is 11.6 Å². The van der Waals surface area contributed by atoms with E-state index in [0.717, 1.165) is 10.9 Å². The van der Waals surface area contributed by atoms with Crippen LogP contribution in [-0.4, -0.2) is 5.91 Å². The van der Waals surface area contributed by atoms with E-state index in [4.69, 9.17) is 0 Å². The Morgan fingerprint density at radius 1 is 1.16 bits per heavy atom. The number of nitrogens with one attached hydrogen (secondary N) is 1. The van der Waals surface area contributed by atoms with Crippen LogP contribution in [0.25, 0.3) is 0 Å². The lowest BCUT2D eigenvalue weighted by molar-refractivity contribution is 0.102. The molecule has 0 aliphatic carbocycles. The quantitative estimate of drug-likeness (QED) is 0.758. The maximum absolute atomic E-state index is 13.5. The number of halogens is 3. The molecule has 0 aliphatic rings. The van der Waals surface area contributed by atoms with Crippen molar-refractivity contribution in [2.24, 2.45) is 0 Å². The Labute approximate surface area is 127 Å². The van der Waals surface area contributed by atoms with E-state index >= 15 is 0 Å². The van der Waals surface area contributed by atoms with Crippen LogP contribution >= 0.6 is 31.9 Å². The molecule has 19 heavy (non-hydrogen) atoms. The Bertz CT molecular complexity index is 599. The molecule has 2 rings (SSSR count). The molecule has 0 heterocycles. The number of carbonyl (C=O) groups excluding carboxylic acids is 1. The fourth-order valence-electron chi connectivity index (χ4n) is 1.53. The molecule has 0 aromatic heterocycles. The Morgan fingerprint density at radius 3 is 2.47 bits per heavy atom. The van der Waals surface area contributed by atoms with Crippen molar-refractivity contribution in [3.8, 4) is 0 Å². The lowest BCUT2D eigenvalue weighted by atomic mass is 10.1. The third kappa shape index (κ3) is 3.64. The molecule has 0 spiro atoms. The van der Waals surface area contributed by atoms with Crippen molar-refractivity contribution in [2.75, 3.05) is 5.32 Å². The Hall–Kier alpha value is -1.20. The zero-order valence-electron chi connectivity index (χ0n) is 9.79. The number of rotatable bonds is 3. The topological polar surface area (TPSA) is 29.1 Å². The summed E-state index contributed by atoms with van der Waals surface area (Å²) in [6, 6.07) is 11.5. The van der Waals surface area contributed by atoms with Gasteiger partial charge in [0.15, 0.2) is 0 Å². The van der Waals surface area contributed by atoms with Crippen LogP contribution in [-0.2, 0) is 5.33 Å². The van der Waals surface area contributed by atoms with Crippen LogP contribution in [0.2, 0.25) is 0 Å². The van der Waals surface area contributed by atoms with Crippen LogP contribution in [0.15, 0.2) is 46.9 Å². The first-order valence-electron chi connectivity index (χ1n) is 5.51. The summed E-state index contributed by atoms with van der Waals surface area (Å²) in [4.78, 5) is 12.0. The van der Waals surface area contributed by atoms with E-state index in [0.29, 0.717) is 10.0 Å². The molecule has 1 amide bonds. The highest BCUT2D eigenvalue weighted by Gasteiger charge is 2.09. The summed E-state index contributed by atoms with van der Waals surface area (Å²) >= 11 is 6.57. The van der Waals surface area contributed by atoms with Gasteiger partial charge in [0.1, 0.15) is 5.82 Å². The molecular weight excluding hydrogens is 377 g/mol. The molecule has 0 fully saturated rings. The lowest BCUT2D eigenvalue weighted by Crippen LogP contribution is -2.12. The molecule has 0 bridgehead atoms. The second-order valence-corrected chi connectivity index (χ2v) is 5.39. The van der Waals surface area contributed by atoms with Gasteiger partial charge in [-0.1, -0.05) is 44.0 Å². The van der Waals surface area contributed by atoms with Crippen LogP contribution in [0.3, 0.4) is 0 Å². The summed E-state index contributed by atoms with van der Waals surface area (Å²) in [7, 11) is 0. The molecule has 0 radical (unpaired) electrons. The van der Waals surface area contributed by atoms with E-state index in [1.807, 2.05) is 12.1 Å². The van der Waals surface area contributed by atoms with Crippen molar-refractivity contribution in [3.05, 3.63) is 63.9 Å². The predicted molar refractivity (Wildman–Crippen MR) is 81.1 cm³/mol. The smallest absolute Gasteiger partial charge is 0.255 e. The minimum atomic E-state index is -0.464. The Morgan fingerprint density at radius 2 is 1.84 bits per heavy atom. The minimum absolute atomic E-state index is 0.156. The fraction of sp³-hybridized carbons (Fsp3) is 0.0714. The summed E-state index contributed by atoms with van der Waals surface area (Å²) in [5, 5.41) is 3.28. The monoisotopic (exact) mass is 385 g/mol. The van der Waals surface area contributed by atoms with Crippen LogP contribution in [0.4, 0.5) is 10.1 Å². The van der Waals surface area contributed by atoms with Crippen molar-refractivity contribution < 1.29 is 9.18 Å². The van der Waals surface area contributed by atoms with E-state index in [1.54, 1.807) is 18.2 Å². The van der Waals surface area contributed by atoms with Gasteiger partial charge >= 0.3 is 0 Å². The average molecular weight is 387 g/mol. The molecule has 2 nitrogen and oxygen atoms in total. The van der Waals surface area contributed by atoms with Gasteiger partial charge in [-0.15, -0.1) is 0 Å². The second kappa shape index (κ2) is 6.30.